The van der Waals surface area contributed by atoms with Gasteiger partial charge in [-0.25, -0.2) is 0 Å². The largest absolute Gasteiger partial charge is 0.316 e. The highest BCUT2D eigenvalue weighted by Gasteiger charge is 2.55. The molecule has 2 saturated heterocycles. The van der Waals surface area contributed by atoms with E-state index in [1.165, 1.54) is 0 Å². The molecule has 0 radical (unpaired) electrons. The van der Waals surface area contributed by atoms with Crippen LogP contribution in [0, 0.1) is 0 Å². The van der Waals surface area contributed by atoms with Gasteiger partial charge in [0.05, 0.1) is 12.1 Å². The third-order valence-corrected chi connectivity index (χ3v) is 5.36. The van der Waals surface area contributed by atoms with E-state index >= 15 is 0 Å². The molecule has 0 saturated carbocycles. The van der Waals surface area contributed by atoms with Crippen LogP contribution in [-0.4, -0.2) is 48.3 Å². The number of hydrogen-bond donors (Lipinski definition) is 2. The van der Waals surface area contributed by atoms with Crippen molar-refractivity contribution < 1.29 is 9.59 Å². The SMILES string of the molecule is CC1(C(=O)C2CCCN2)c2ccccc2C(=O)N1C1CNC1. The zero-order chi connectivity index (χ0) is 15.3. The number of nitrogens with one attached hydrogen (secondary N) is 2. The standard InChI is InChI=1S/C17H21N3O2/c1-17(15(21)14-7-4-8-19-14)13-6-3-2-5-12(13)16(22)20(17)11-9-18-10-11/h2-3,5-6,11,14,18-19H,4,7-10H2,1H3. The predicted octanol–water partition coefficient (Wildman–Crippen LogP) is 0.650. The highest BCUT2D eigenvalue weighted by molar-refractivity contribution is 6.08. The fourth-order valence-electron chi connectivity index (χ4n) is 4.04. The molecule has 116 valence electrons. The summed E-state index contributed by atoms with van der Waals surface area (Å²) < 4.78 is 0. The first-order valence-electron chi connectivity index (χ1n) is 8.05. The molecule has 5 heteroatoms. The second-order valence-corrected chi connectivity index (χ2v) is 6.62. The van der Waals surface area contributed by atoms with Crippen LogP contribution >= 0.6 is 0 Å². The fourth-order valence-corrected chi connectivity index (χ4v) is 4.04. The Bertz CT molecular complexity index is 635. The van der Waals surface area contributed by atoms with E-state index in [0.29, 0.717) is 5.56 Å². The maximum Gasteiger partial charge on any atom is 0.255 e. The minimum atomic E-state index is -0.845. The van der Waals surface area contributed by atoms with Crippen LogP contribution in [0.2, 0.25) is 0 Å². The van der Waals surface area contributed by atoms with Crippen LogP contribution in [0.5, 0.6) is 0 Å². The van der Waals surface area contributed by atoms with Gasteiger partial charge >= 0.3 is 0 Å². The Morgan fingerprint density at radius 2 is 2.09 bits per heavy atom. The number of benzene rings is 1. The van der Waals surface area contributed by atoms with Gasteiger partial charge in [0.2, 0.25) is 0 Å². The second kappa shape index (κ2) is 4.89. The van der Waals surface area contributed by atoms with Crippen molar-refractivity contribution in [2.24, 2.45) is 0 Å². The Morgan fingerprint density at radius 1 is 1.32 bits per heavy atom. The number of ketones is 1. The highest BCUT2D eigenvalue weighted by atomic mass is 16.2. The van der Waals surface area contributed by atoms with Crippen molar-refractivity contribution in [2.45, 2.75) is 37.4 Å². The van der Waals surface area contributed by atoms with Gasteiger partial charge in [0.1, 0.15) is 5.54 Å². The van der Waals surface area contributed by atoms with E-state index in [0.717, 1.165) is 38.0 Å². The molecule has 0 aliphatic carbocycles. The van der Waals surface area contributed by atoms with E-state index in [1.807, 2.05) is 36.1 Å². The summed E-state index contributed by atoms with van der Waals surface area (Å²) in [5.41, 5.74) is 0.705. The van der Waals surface area contributed by atoms with Crippen molar-refractivity contribution in [3.63, 3.8) is 0 Å². The zero-order valence-corrected chi connectivity index (χ0v) is 12.8. The van der Waals surface area contributed by atoms with Gasteiger partial charge in [-0.1, -0.05) is 18.2 Å². The number of hydrogen-bond acceptors (Lipinski definition) is 4. The Hall–Kier alpha value is -1.72. The maximum absolute atomic E-state index is 13.3. The summed E-state index contributed by atoms with van der Waals surface area (Å²) >= 11 is 0. The summed E-state index contributed by atoms with van der Waals surface area (Å²) in [4.78, 5) is 28.0. The van der Waals surface area contributed by atoms with Crippen molar-refractivity contribution in [1.29, 1.82) is 0 Å². The fraction of sp³-hybridized carbons (Fsp3) is 0.529. The molecular formula is C17H21N3O2. The first-order valence-corrected chi connectivity index (χ1v) is 8.05. The smallest absolute Gasteiger partial charge is 0.255 e. The summed E-state index contributed by atoms with van der Waals surface area (Å²) in [5.74, 6) is 0.131. The molecule has 2 atom stereocenters. The topological polar surface area (TPSA) is 61.4 Å². The molecule has 4 rings (SSSR count). The van der Waals surface area contributed by atoms with Gasteiger partial charge in [0.15, 0.2) is 5.78 Å². The average Bonchev–Trinajstić information content (AvgIpc) is 3.08. The van der Waals surface area contributed by atoms with Crippen LogP contribution in [0.4, 0.5) is 0 Å². The molecule has 1 aromatic carbocycles. The summed E-state index contributed by atoms with van der Waals surface area (Å²) in [6.07, 6.45) is 1.88. The molecule has 3 aliphatic heterocycles. The maximum atomic E-state index is 13.3. The van der Waals surface area contributed by atoms with Crippen molar-refractivity contribution in [3.05, 3.63) is 35.4 Å². The molecule has 3 heterocycles. The number of fused-ring (bicyclic) bond motifs is 1. The van der Waals surface area contributed by atoms with E-state index in [-0.39, 0.29) is 23.8 Å². The third-order valence-electron chi connectivity index (χ3n) is 5.36. The number of carbonyl (C=O) groups excluding carboxylic acids is 2. The van der Waals surface area contributed by atoms with E-state index in [4.69, 9.17) is 0 Å². The minimum absolute atomic E-state index is 0.00375. The van der Waals surface area contributed by atoms with Gasteiger partial charge in [-0.2, -0.15) is 0 Å². The molecule has 5 nitrogen and oxygen atoms in total. The number of carbonyl (C=O) groups is 2. The average molecular weight is 299 g/mol. The number of amides is 1. The van der Waals surface area contributed by atoms with Crippen LogP contribution in [0.15, 0.2) is 24.3 Å². The number of Topliss-reactive ketones (excluding diaryl/α,β-unsaturated/α-hetero) is 1. The van der Waals surface area contributed by atoms with E-state index in [9.17, 15) is 9.59 Å². The third kappa shape index (κ3) is 1.72. The Kier molecular flexibility index (Phi) is 3.09. The lowest BCUT2D eigenvalue weighted by Gasteiger charge is -2.45. The molecule has 0 spiro atoms. The van der Waals surface area contributed by atoms with Crippen molar-refractivity contribution in [3.8, 4) is 0 Å². The lowest BCUT2D eigenvalue weighted by atomic mass is 9.82. The predicted molar refractivity (Wildman–Crippen MR) is 82.7 cm³/mol. The van der Waals surface area contributed by atoms with Crippen LogP contribution in [0.3, 0.4) is 0 Å². The lowest BCUT2D eigenvalue weighted by Crippen LogP contribution is -2.65. The van der Waals surface area contributed by atoms with Gasteiger partial charge in [-0.15, -0.1) is 0 Å². The molecule has 0 aromatic heterocycles. The Balaban J connectivity index is 1.81. The lowest BCUT2D eigenvalue weighted by molar-refractivity contribution is -0.132. The number of nitrogens with zero attached hydrogens (tertiary/aromatic N) is 1. The number of rotatable bonds is 3. The first-order chi connectivity index (χ1) is 10.6. The highest BCUT2D eigenvalue weighted by Crippen LogP contribution is 2.42. The molecule has 1 aromatic rings. The minimum Gasteiger partial charge on any atom is -0.316 e. The summed E-state index contributed by atoms with van der Waals surface area (Å²) in [7, 11) is 0. The van der Waals surface area contributed by atoms with Gasteiger partial charge in [-0.3, -0.25) is 9.59 Å². The van der Waals surface area contributed by atoms with Crippen molar-refractivity contribution in [2.75, 3.05) is 19.6 Å². The van der Waals surface area contributed by atoms with Crippen molar-refractivity contribution >= 4 is 11.7 Å². The molecule has 0 bridgehead atoms. The van der Waals surface area contributed by atoms with E-state index < -0.39 is 5.54 Å². The van der Waals surface area contributed by atoms with E-state index in [1.54, 1.807) is 0 Å². The summed E-state index contributed by atoms with van der Waals surface area (Å²) in [6, 6.07) is 7.54. The Labute approximate surface area is 130 Å². The van der Waals surface area contributed by atoms with Crippen LogP contribution in [0.1, 0.15) is 35.7 Å². The van der Waals surface area contributed by atoms with Gasteiger partial charge < -0.3 is 15.5 Å². The summed E-state index contributed by atoms with van der Waals surface area (Å²) in [6.45, 7) is 4.34. The zero-order valence-electron chi connectivity index (χ0n) is 12.8. The molecule has 22 heavy (non-hydrogen) atoms. The monoisotopic (exact) mass is 299 g/mol. The normalized spacial score (nSPS) is 31.2. The van der Waals surface area contributed by atoms with Crippen LogP contribution in [0.25, 0.3) is 0 Å². The Morgan fingerprint density at radius 3 is 2.73 bits per heavy atom. The van der Waals surface area contributed by atoms with Crippen LogP contribution in [-0.2, 0) is 10.3 Å². The first kappa shape index (κ1) is 13.9. The molecular weight excluding hydrogens is 278 g/mol. The van der Waals surface area contributed by atoms with Gasteiger partial charge in [-0.05, 0) is 37.9 Å². The van der Waals surface area contributed by atoms with Crippen LogP contribution < -0.4 is 10.6 Å². The molecule has 1 amide bonds. The molecule has 2 N–H and O–H groups in total. The van der Waals surface area contributed by atoms with Gasteiger partial charge in [0.25, 0.3) is 5.91 Å². The summed E-state index contributed by atoms with van der Waals surface area (Å²) in [5, 5.41) is 6.51. The van der Waals surface area contributed by atoms with Crippen molar-refractivity contribution in [1.82, 2.24) is 15.5 Å². The quantitative estimate of drug-likeness (QED) is 0.860. The van der Waals surface area contributed by atoms with Gasteiger partial charge in [0, 0.05) is 18.7 Å². The molecule has 3 aliphatic rings. The molecule has 2 unspecified atom stereocenters. The molecule has 2 fully saturated rings. The second-order valence-electron chi connectivity index (χ2n) is 6.62. The van der Waals surface area contributed by atoms with E-state index in [2.05, 4.69) is 10.6 Å².